The third kappa shape index (κ3) is 5.99. The lowest BCUT2D eigenvalue weighted by atomic mass is 10.1. The number of ether oxygens (including phenoxy) is 1. The quantitative estimate of drug-likeness (QED) is 0.363. The normalized spacial score (nSPS) is 12.4. The minimum atomic E-state index is -4.49. The first-order valence-electron chi connectivity index (χ1n) is 10.8. The molecule has 12 heteroatoms. The molecular weight excluding hydrogens is 491 g/mol. The number of rotatable bonds is 10. The van der Waals surface area contributed by atoms with Crippen LogP contribution in [0.15, 0.2) is 40.8 Å². The Morgan fingerprint density at radius 2 is 1.78 bits per heavy atom. The maximum atomic E-state index is 14.4. The predicted octanol–water partition coefficient (Wildman–Crippen LogP) is 5.15. The highest BCUT2D eigenvalue weighted by atomic mass is 19.4. The molecule has 1 heterocycles. The van der Waals surface area contributed by atoms with Crippen molar-refractivity contribution < 1.29 is 45.8 Å². The third-order valence-electron chi connectivity index (χ3n) is 5.17. The number of aliphatic carboxylic acids is 1. The Bertz CT molecular complexity index is 1260. The van der Waals surface area contributed by atoms with Crippen LogP contribution in [-0.2, 0) is 23.8 Å². The number of aromatic nitrogens is 1. The van der Waals surface area contributed by atoms with Crippen molar-refractivity contribution in [1.82, 2.24) is 4.98 Å². The minimum Gasteiger partial charge on any atom is -0.479 e. The van der Waals surface area contributed by atoms with Gasteiger partial charge in [-0.15, -0.1) is 0 Å². The van der Waals surface area contributed by atoms with Gasteiger partial charge < -0.3 is 20.0 Å². The molecular formula is C24H21F5N2O5. The summed E-state index contributed by atoms with van der Waals surface area (Å²) >= 11 is 0. The lowest BCUT2D eigenvalue weighted by Gasteiger charge is -2.16. The van der Waals surface area contributed by atoms with E-state index in [1.165, 1.54) is 12.1 Å². The summed E-state index contributed by atoms with van der Waals surface area (Å²) in [4.78, 5) is 27.3. The lowest BCUT2D eigenvalue weighted by Crippen LogP contribution is -2.28. The Kier molecular flexibility index (Phi) is 7.96. The monoisotopic (exact) mass is 512 g/mol. The standard InChI is InChI=1S/C24H21F5N2O5/c1-2-3-16-21(12-4-6-13(7-5-12)24(27,28)29)31-18(36-16)11-10-17(23(33)34)35-15-9-8-14(25)19(20(15)26)22(30)32/h4-9,17H,2-3,10-11H2,1H3,(H2,30,32)(H,33,34). The smallest absolute Gasteiger partial charge is 0.416 e. The van der Waals surface area contributed by atoms with Crippen molar-refractivity contribution in [2.45, 2.75) is 44.9 Å². The fraction of sp³-hybridized carbons (Fsp3) is 0.292. The fourth-order valence-electron chi connectivity index (χ4n) is 3.44. The summed E-state index contributed by atoms with van der Waals surface area (Å²) in [5, 5.41) is 9.49. The predicted molar refractivity (Wildman–Crippen MR) is 116 cm³/mol. The van der Waals surface area contributed by atoms with Gasteiger partial charge in [-0.05, 0) is 30.7 Å². The van der Waals surface area contributed by atoms with Crippen LogP contribution < -0.4 is 10.5 Å². The van der Waals surface area contributed by atoms with E-state index in [4.69, 9.17) is 14.9 Å². The number of oxazole rings is 1. The molecule has 1 amide bonds. The van der Waals surface area contributed by atoms with Gasteiger partial charge in [-0.1, -0.05) is 19.1 Å². The second kappa shape index (κ2) is 10.8. The zero-order valence-corrected chi connectivity index (χ0v) is 18.9. The van der Waals surface area contributed by atoms with Gasteiger partial charge in [0.15, 0.2) is 23.6 Å². The van der Waals surface area contributed by atoms with Gasteiger partial charge in [0.25, 0.3) is 5.91 Å². The number of carboxylic acids is 1. The molecule has 1 aromatic heterocycles. The van der Waals surface area contributed by atoms with E-state index in [0.717, 1.165) is 24.3 Å². The van der Waals surface area contributed by atoms with E-state index in [2.05, 4.69) is 4.98 Å². The first-order valence-corrected chi connectivity index (χ1v) is 10.8. The van der Waals surface area contributed by atoms with Gasteiger partial charge in [0.2, 0.25) is 0 Å². The number of amides is 1. The number of hydrogen-bond donors (Lipinski definition) is 2. The van der Waals surface area contributed by atoms with E-state index in [9.17, 15) is 36.6 Å². The SMILES string of the molecule is CCCc1oc(CCC(Oc2ccc(F)c(C(N)=O)c2F)C(=O)O)nc1-c1ccc(C(F)(F)F)cc1. The van der Waals surface area contributed by atoms with E-state index in [-0.39, 0.29) is 18.7 Å². The van der Waals surface area contributed by atoms with Crippen LogP contribution in [0.4, 0.5) is 22.0 Å². The van der Waals surface area contributed by atoms with Gasteiger partial charge in [-0.25, -0.2) is 18.6 Å². The Hall–Kier alpha value is -3.96. The van der Waals surface area contributed by atoms with E-state index in [1.807, 2.05) is 6.92 Å². The summed E-state index contributed by atoms with van der Waals surface area (Å²) in [6.45, 7) is 1.87. The molecule has 0 saturated carbocycles. The van der Waals surface area contributed by atoms with Gasteiger partial charge >= 0.3 is 12.1 Å². The van der Waals surface area contributed by atoms with Gasteiger partial charge in [0, 0.05) is 24.8 Å². The maximum absolute atomic E-state index is 14.4. The van der Waals surface area contributed by atoms with Crippen molar-refractivity contribution in [2.24, 2.45) is 5.73 Å². The van der Waals surface area contributed by atoms with E-state index in [0.29, 0.717) is 29.9 Å². The number of primary amides is 1. The van der Waals surface area contributed by atoms with Crippen molar-refractivity contribution in [3.63, 3.8) is 0 Å². The summed E-state index contributed by atoms with van der Waals surface area (Å²) in [7, 11) is 0. The summed E-state index contributed by atoms with van der Waals surface area (Å²) < 4.78 is 77.6. The highest BCUT2D eigenvalue weighted by molar-refractivity contribution is 5.93. The molecule has 3 N–H and O–H groups in total. The first-order chi connectivity index (χ1) is 16.9. The number of aryl methyl sites for hydroxylation is 2. The fourth-order valence-corrected chi connectivity index (χ4v) is 3.44. The zero-order chi connectivity index (χ0) is 26.6. The van der Waals surface area contributed by atoms with Crippen molar-refractivity contribution in [3.05, 3.63) is 70.8 Å². The van der Waals surface area contributed by atoms with Crippen molar-refractivity contribution in [2.75, 3.05) is 0 Å². The van der Waals surface area contributed by atoms with Crippen molar-refractivity contribution in [1.29, 1.82) is 0 Å². The molecule has 1 atom stereocenters. The molecule has 0 aliphatic heterocycles. The molecule has 0 aliphatic rings. The highest BCUT2D eigenvalue weighted by Gasteiger charge is 2.30. The maximum Gasteiger partial charge on any atom is 0.416 e. The van der Waals surface area contributed by atoms with E-state index < -0.39 is 52.7 Å². The minimum absolute atomic E-state index is 0.0835. The molecule has 7 nitrogen and oxygen atoms in total. The Balaban J connectivity index is 1.81. The summed E-state index contributed by atoms with van der Waals surface area (Å²) in [5.41, 5.74) is 3.79. The van der Waals surface area contributed by atoms with E-state index >= 15 is 0 Å². The number of hydrogen-bond acceptors (Lipinski definition) is 5. The van der Waals surface area contributed by atoms with Crippen LogP contribution in [0, 0.1) is 11.6 Å². The van der Waals surface area contributed by atoms with Crippen LogP contribution >= 0.6 is 0 Å². The Morgan fingerprint density at radius 3 is 2.33 bits per heavy atom. The van der Waals surface area contributed by atoms with Crippen molar-refractivity contribution >= 4 is 11.9 Å². The number of alkyl halides is 3. The number of halogens is 5. The topological polar surface area (TPSA) is 116 Å². The van der Waals surface area contributed by atoms with Crippen LogP contribution in [0.5, 0.6) is 5.75 Å². The summed E-state index contributed by atoms with van der Waals surface area (Å²) in [6, 6.07) is 5.93. The number of carboxylic acid groups (broad SMARTS) is 1. The van der Waals surface area contributed by atoms with Crippen LogP contribution in [0.3, 0.4) is 0 Å². The number of carbonyl (C=O) groups is 2. The lowest BCUT2D eigenvalue weighted by molar-refractivity contribution is -0.145. The average molecular weight is 512 g/mol. The molecule has 3 rings (SSSR count). The number of carbonyl (C=O) groups excluding carboxylic acids is 1. The molecule has 0 aliphatic carbocycles. The molecule has 0 fully saturated rings. The average Bonchev–Trinajstić information content (AvgIpc) is 3.20. The highest BCUT2D eigenvalue weighted by Crippen LogP contribution is 2.32. The number of nitrogens with zero attached hydrogens (tertiary/aromatic N) is 1. The largest absolute Gasteiger partial charge is 0.479 e. The molecule has 192 valence electrons. The van der Waals surface area contributed by atoms with Gasteiger partial charge in [0.1, 0.15) is 22.8 Å². The molecule has 0 saturated heterocycles. The van der Waals surface area contributed by atoms with Crippen LogP contribution in [0.2, 0.25) is 0 Å². The second-order valence-corrected chi connectivity index (χ2v) is 7.79. The molecule has 36 heavy (non-hydrogen) atoms. The number of nitrogens with two attached hydrogens (primary N) is 1. The second-order valence-electron chi connectivity index (χ2n) is 7.79. The van der Waals surface area contributed by atoms with Gasteiger partial charge in [-0.2, -0.15) is 13.2 Å². The molecule has 0 spiro atoms. The third-order valence-corrected chi connectivity index (χ3v) is 5.17. The molecule has 0 radical (unpaired) electrons. The van der Waals surface area contributed by atoms with Gasteiger partial charge in [-0.3, -0.25) is 4.79 Å². The number of benzene rings is 2. The Morgan fingerprint density at radius 1 is 1.11 bits per heavy atom. The van der Waals surface area contributed by atoms with Crippen molar-refractivity contribution in [3.8, 4) is 17.0 Å². The molecule has 1 unspecified atom stereocenters. The van der Waals surface area contributed by atoms with E-state index in [1.54, 1.807) is 0 Å². The first kappa shape index (κ1) is 26.6. The molecule has 0 bridgehead atoms. The Labute approximate surface area is 201 Å². The van der Waals surface area contributed by atoms with Gasteiger partial charge in [0.05, 0.1) is 5.56 Å². The van der Waals surface area contributed by atoms with Crippen LogP contribution in [0.25, 0.3) is 11.3 Å². The zero-order valence-electron chi connectivity index (χ0n) is 18.9. The van der Waals surface area contributed by atoms with Crippen LogP contribution in [0.1, 0.15) is 47.3 Å². The summed E-state index contributed by atoms with van der Waals surface area (Å²) in [6.07, 6.45) is -5.38. The summed E-state index contributed by atoms with van der Waals surface area (Å²) in [5.74, 6) is -5.68. The molecule has 2 aromatic carbocycles. The van der Waals surface area contributed by atoms with Crippen LogP contribution in [-0.4, -0.2) is 28.1 Å². The molecule has 3 aromatic rings.